The van der Waals surface area contributed by atoms with E-state index in [1.54, 1.807) is 12.1 Å². The number of rotatable bonds is 5. The average molecular weight is 553 g/mol. The Bertz CT molecular complexity index is 1550. The Balaban J connectivity index is 1.70. The molecule has 1 heterocycles. The SMILES string of the molecule is COC(=O)[C@@H]1CN(S(C)(=O)=O)CCN1C(=O)c1cc2ccccc2cc1NC(=O)Nc1c(C)cc(C)cc1C. The highest BCUT2D eigenvalue weighted by atomic mass is 32.2. The lowest BCUT2D eigenvalue weighted by Crippen LogP contribution is -2.59. The Morgan fingerprint density at radius 1 is 0.923 bits per heavy atom. The number of ether oxygens (including phenoxy) is 1. The minimum Gasteiger partial charge on any atom is -0.467 e. The van der Waals surface area contributed by atoms with Crippen LogP contribution in [0.15, 0.2) is 48.5 Å². The lowest BCUT2D eigenvalue weighted by Gasteiger charge is -2.39. The average Bonchev–Trinajstić information content (AvgIpc) is 2.88. The highest BCUT2D eigenvalue weighted by Gasteiger charge is 2.39. The molecular formula is C28H32N4O6S. The zero-order valence-corrected chi connectivity index (χ0v) is 23.4. The van der Waals surface area contributed by atoms with Crippen molar-refractivity contribution in [1.82, 2.24) is 9.21 Å². The number of fused-ring (bicyclic) bond motifs is 1. The molecule has 1 fully saturated rings. The first-order valence-electron chi connectivity index (χ1n) is 12.4. The van der Waals surface area contributed by atoms with E-state index in [0.29, 0.717) is 5.69 Å². The van der Waals surface area contributed by atoms with E-state index < -0.39 is 34.0 Å². The fourth-order valence-corrected chi connectivity index (χ4v) is 5.78. The first-order valence-corrected chi connectivity index (χ1v) is 14.3. The van der Waals surface area contributed by atoms with Crippen LogP contribution < -0.4 is 10.6 Å². The molecule has 10 nitrogen and oxygen atoms in total. The van der Waals surface area contributed by atoms with Crippen molar-refractivity contribution in [3.63, 3.8) is 0 Å². The van der Waals surface area contributed by atoms with Gasteiger partial charge in [-0.1, -0.05) is 42.0 Å². The van der Waals surface area contributed by atoms with Gasteiger partial charge in [-0.05, 0) is 54.8 Å². The number of sulfonamides is 1. The van der Waals surface area contributed by atoms with E-state index in [1.165, 1.54) is 12.0 Å². The van der Waals surface area contributed by atoms with Crippen LogP contribution in [0.25, 0.3) is 10.8 Å². The molecule has 0 radical (unpaired) electrons. The summed E-state index contributed by atoms with van der Waals surface area (Å²) in [5, 5.41) is 7.26. The van der Waals surface area contributed by atoms with Crippen LogP contribution in [0.4, 0.5) is 16.2 Å². The topological polar surface area (TPSA) is 125 Å². The van der Waals surface area contributed by atoms with Crippen molar-refractivity contribution in [1.29, 1.82) is 0 Å². The molecule has 4 rings (SSSR count). The summed E-state index contributed by atoms with van der Waals surface area (Å²) in [7, 11) is -2.40. The number of benzene rings is 3. The summed E-state index contributed by atoms with van der Waals surface area (Å²) in [6, 6.07) is 13.0. The third-order valence-electron chi connectivity index (χ3n) is 6.83. The molecule has 206 valence electrons. The molecule has 39 heavy (non-hydrogen) atoms. The zero-order chi connectivity index (χ0) is 28.5. The molecule has 1 atom stereocenters. The maximum atomic E-state index is 13.9. The number of hydrogen-bond acceptors (Lipinski definition) is 6. The number of nitrogens with zero attached hydrogens (tertiary/aromatic N) is 2. The van der Waals surface area contributed by atoms with Crippen LogP contribution >= 0.6 is 0 Å². The second-order valence-corrected chi connectivity index (χ2v) is 11.7. The first kappa shape index (κ1) is 28.1. The fraction of sp³-hybridized carbons (Fsp3) is 0.321. The number of aryl methyl sites for hydroxylation is 3. The van der Waals surface area contributed by atoms with Gasteiger partial charge in [0.1, 0.15) is 6.04 Å². The van der Waals surface area contributed by atoms with Gasteiger partial charge in [-0.2, -0.15) is 4.31 Å². The summed E-state index contributed by atoms with van der Waals surface area (Å²) in [4.78, 5) is 41.0. The highest BCUT2D eigenvalue weighted by molar-refractivity contribution is 7.88. The maximum Gasteiger partial charge on any atom is 0.329 e. The van der Waals surface area contributed by atoms with Crippen LogP contribution in [-0.4, -0.2) is 74.6 Å². The van der Waals surface area contributed by atoms with Gasteiger partial charge in [0, 0.05) is 25.3 Å². The molecule has 3 amide bonds. The van der Waals surface area contributed by atoms with Crippen LogP contribution in [-0.2, 0) is 19.6 Å². The summed E-state index contributed by atoms with van der Waals surface area (Å²) < 4.78 is 30.3. The molecule has 0 bridgehead atoms. The predicted octanol–water partition coefficient (Wildman–Crippen LogP) is 3.67. The number of nitrogens with one attached hydrogen (secondary N) is 2. The van der Waals surface area contributed by atoms with Crippen molar-refractivity contribution < 1.29 is 27.5 Å². The van der Waals surface area contributed by atoms with Gasteiger partial charge < -0.3 is 20.3 Å². The van der Waals surface area contributed by atoms with E-state index in [2.05, 4.69) is 10.6 Å². The molecular weight excluding hydrogens is 520 g/mol. The number of carbonyl (C=O) groups is 3. The van der Waals surface area contributed by atoms with Crippen molar-refractivity contribution in [2.75, 3.05) is 43.6 Å². The number of carbonyl (C=O) groups excluding carboxylic acids is 3. The van der Waals surface area contributed by atoms with E-state index in [1.807, 2.05) is 57.2 Å². The Kier molecular flexibility index (Phi) is 7.94. The number of hydrogen-bond donors (Lipinski definition) is 2. The van der Waals surface area contributed by atoms with Crippen molar-refractivity contribution in [2.45, 2.75) is 26.8 Å². The van der Waals surface area contributed by atoms with Gasteiger partial charge in [0.25, 0.3) is 5.91 Å². The summed E-state index contributed by atoms with van der Waals surface area (Å²) in [6.07, 6.45) is 1.06. The summed E-state index contributed by atoms with van der Waals surface area (Å²) >= 11 is 0. The van der Waals surface area contributed by atoms with Crippen LogP contribution in [0.3, 0.4) is 0 Å². The standard InChI is InChI=1S/C28H32N4O6S/c1-17-12-18(2)25(19(3)13-17)30-28(35)29-23-15-21-9-7-6-8-20(21)14-22(23)26(33)32-11-10-31(39(5,36)37)16-24(32)27(34)38-4/h6-9,12-15,24H,10-11,16H2,1-5H3,(H2,29,30,35)/t24-/m0/s1. The number of esters is 1. The lowest BCUT2D eigenvalue weighted by molar-refractivity contribution is -0.147. The molecule has 0 aromatic heterocycles. The fourth-order valence-electron chi connectivity index (χ4n) is 4.96. The van der Waals surface area contributed by atoms with Gasteiger partial charge >= 0.3 is 12.0 Å². The van der Waals surface area contributed by atoms with Gasteiger partial charge in [0.2, 0.25) is 10.0 Å². The smallest absolute Gasteiger partial charge is 0.329 e. The minimum atomic E-state index is -3.58. The second-order valence-electron chi connectivity index (χ2n) is 9.76. The predicted molar refractivity (Wildman–Crippen MR) is 150 cm³/mol. The third kappa shape index (κ3) is 6.04. The largest absolute Gasteiger partial charge is 0.467 e. The van der Waals surface area contributed by atoms with Gasteiger partial charge in [-0.15, -0.1) is 0 Å². The van der Waals surface area contributed by atoms with E-state index in [9.17, 15) is 22.8 Å². The van der Waals surface area contributed by atoms with E-state index >= 15 is 0 Å². The Hall–Kier alpha value is -3.96. The molecule has 0 saturated carbocycles. The van der Waals surface area contributed by atoms with E-state index in [0.717, 1.165) is 38.0 Å². The van der Waals surface area contributed by atoms with E-state index in [4.69, 9.17) is 4.74 Å². The normalized spacial score (nSPS) is 16.1. The highest BCUT2D eigenvalue weighted by Crippen LogP contribution is 2.28. The monoisotopic (exact) mass is 552 g/mol. The molecule has 1 aliphatic heterocycles. The zero-order valence-electron chi connectivity index (χ0n) is 22.6. The number of anilines is 2. The molecule has 11 heteroatoms. The van der Waals surface area contributed by atoms with Crippen molar-refractivity contribution in [3.05, 3.63) is 70.8 Å². The molecule has 0 aliphatic carbocycles. The molecule has 0 unspecified atom stereocenters. The number of urea groups is 1. The van der Waals surface area contributed by atoms with Crippen LogP contribution in [0.2, 0.25) is 0 Å². The molecule has 3 aromatic rings. The number of piperazine rings is 1. The summed E-state index contributed by atoms with van der Waals surface area (Å²) in [6.45, 7) is 5.58. The van der Waals surface area contributed by atoms with E-state index in [-0.39, 0.29) is 30.9 Å². The van der Waals surface area contributed by atoms with Gasteiger partial charge in [0.05, 0.1) is 24.6 Å². The van der Waals surface area contributed by atoms with Crippen molar-refractivity contribution >= 4 is 50.1 Å². The quantitative estimate of drug-likeness (QED) is 0.466. The van der Waals surface area contributed by atoms with Crippen LogP contribution in [0, 0.1) is 20.8 Å². The number of amides is 3. The Morgan fingerprint density at radius 3 is 2.13 bits per heavy atom. The van der Waals surface area contributed by atoms with Gasteiger partial charge in [-0.25, -0.2) is 18.0 Å². The van der Waals surface area contributed by atoms with Crippen LogP contribution in [0.1, 0.15) is 27.0 Å². The lowest BCUT2D eigenvalue weighted by atomic mass is 10.0. The minimum absolute atomic E-state index is 0.0219. The summed E-state index contributed by atoms with van der Waals surface area (Å²) in [5.74, 6) is -1.25. The first-order chi connectivity index (χ1) is 18.4. The molecule has 2 N–H and O–H groups in total. The number of methoxy groups -OCH3 is 1. The van der Waals surface area contributed by atoms with Crippen molar-refractivity contribution in [2.24, 2.45) is 0 Å². The molecule has 1 aliphatic rings. The summed E-state index contributed by atoms with van der Waals surface area (Å²) in [5.41, 5.74) is 3.99. The Labute approximate surface area is 228 Å². The van der Waals surface area contributed by atoms with Crippen molar-refractivity contribution in [3.8, 4) is 0 Å². The van der Waals surface area contributed by atoms with Crippen LogP contribution in [0.5, 0.6) is 0 Å². The maximum absolute atomic E-state index is 13.9. The molecule has 1 saturated heterocycles. The molecule has 3 aromatic carbocycles. The van der Waals surface area contributed by atoms with Gasteiger partial charge in [-0.3, -0.25) is 4.79 Å². The molecule has 0 spiro atoms. The second kappa shape index (κ2) is 11.0. The Morgan fingerprint density at radius 2 is 1.54 bits per heavy atom. The third-order valence-corrected chi connectivity index (χ3v) is 8.10. The van der Waals surface area contributed by atoms with Gasteiger partial charge in [0.15, 0.2) is 0 Å².